The molecule has 0 saturated carbocycles. The van der Waals surface area contributed by atoms with E-state index < -0.39 is 10.9 Å². The molecule has 1 heterocycles. The van der Waals surface area contributed by atoms with Crippen molar-refractivity contribution in [2.75, 3.05) is 0 Å². The largest absolute Gasteiger partial charge is 0.481 e. The lowest BCUT2D eigenvalue weighted by Gasteiger charge is -1.93. The van der Waals surface area contributed by atoms with Crippen LogP contribution in [-0.2, 0) is 11.2 Å². The maximum Gasteiger partial charge on any atom is 0.311 e. The van der Waals surface area contributed by atoms with Gasteiger partial charge >= 0.3 is 11.7 Å². The van der Waals surface area contributed by atoms with Crippen LogP contribution in [0.3, 0.4) is 0 Å². The molecule has 68 valence electrons. The quantitative estimate of drug-likeness (QED) is 0.522. The zero-order valence-electron chi connectivity index (χ0n) is 6.38. The Balaban J connectivity index is 2.81. The minimum absolute atomic E-state index is 0.0538. The van der Waals surface area contributed by atoms with Crippen molar-refractivity contribution < 1.29 is 14.8 Å². The number of nitro groups is 1. The third-order valence-electron chi connectivity index (χ3n) is 1.21. The molecule has 1 N–H and O–H groups in total. The van der Waals surface area contributed by atoms with Crippen LogP contribution in [0.15, 0.2) is 12.4 Å². The van der Waals surface area contributed by atoms with E-state index >= 15 is 0 Å². The van der Waals surface area contributed by atoms with Crippen LogP contribution < -0.4 is 0 Å². The van der Waals surface area contributed by atoms with Crippen molar-refractivity contribution in [3.8, 4) is 0 Å². The average molecular weight is 183 g/mol. The molecule has 0 aliphatic carbocycles. The Morgan fingerprint density at radius 1 is 1.54 bits per heavy atom. The molecular formula is C6H5N3O4. The van der Waals surface area contributed by atoms with E-state index in [1.165, 1.54) is 0 Å². The lowest BCUT2D eigenvalue weighted by atomic mass is 10.4. The molecule has 0 atom stereocenters. The molecule has 7 heteroatoms. The first-order valence-corrected chi connectivity index (χ1v) is 3.26. The lowest BCUT2D eigenvalue weighted by Crippen LogP contribution is -2.04. The maximum absolute atomic E-state index is 10.2. The highest BCUT2D eigenvalue weighted by Gasteiger charge is 2.08. The Morgan fingerprint density at radius 3 is 2.46 bits per heavy atom. The number of nitrogens with zero attached hydrogens (tertiary/aromatic N) is 3. The van der Waals surface area contributed by atoms with Crippen molar-refractivity contribution in [2.45, 2.75) is 6.42 Å². The molecule has 0 radical (unpaired) electrons. The second kappa shape index (κ2) is 3.57. The second-order valence-corrected chi connectivity index (χ2v) is 2.19. The van der Waals surface area contributed by atoms with Gasteiger partial charge in [0.25, 0.3) is 0 Å². The molecule has 0 spiro atoms. The van der Waals surface area contributed by atoms with Crippen LogP contribution in [0, 0.1) is 10.1 Å². The zero-order valence-corrected chi connectivity index (χ0v) is 6.38. The van der Waals surface area contributed by atoms with Gasteiger partial charge in [-0.2, -0.15) is 0 Å². The number of aliphatic carboxylic acids is 1. The lowest BCUT2D eigenvalue weighted by molar-refractivity contribution is -0.385. The van der Waals surface area contributed by atoms with E-state index in [0.717, 1.165) is 12.4 Å². The fourth-order valence-corrected chi connectivity index (χ4v) is 0.669. The van der Waals surface area contributed by atoms with E-state index in [4.69, 9.17) is 5.11 Å². The molecule has 0 aliphatic heterocycles. The highest BCUT2D eigenvalue weighted by Crippen LogP contribution is 2.05. The first kappa shape index (κ1) is 9.04. The molecule has 7 nitrogen and oxygen atoms in total. The van der Waals surface area contributed by atoms with Gasteiger partial charge in [-0.25, -0.2) is 9.97 Å². The third-order valence-corrected chi connectivity index (χ3v) is 1.21. The summed E-state index contributed by atoms with van der Waals surface area (Å²) in [6.45, 7) is 0. The summed E-state index contributed by atoms with van der Waals surface area (Å²) in [7, 11) is 0. The van der Waals surface area contributed by atoms with Gasteiger partial charge in [-0.05, 0) is 0 Å². The van der Waals surface area contributed by atoms with E-state index in [2.05, 4.69) is 9.97 Å². The van der Waals surface area contributed by atoms with Crippen LogP contribution in [0.5, 0.6) is 0 Å². The molecule has 1 rings (SSSR count). The first-order valence-electron chi connectivity index (χ1n) is 3.26. The van der Waals surface area contributed by atoms with Crippen molar-refractivity contribution in [3.63, 3.8) is 0 Å². The molecule has 0 bridgehead atoms. The van der Waals surface area contributed by atoms with Crippen LogP contribution >= 0.6 is 0 Å². The Kier molecular flexibility index (Phi) is 2.48. The minimum Gasteiger partial charge on any atom is -0.481 e. The molecule has 0 unspecified atom stereocenters. The molecule has 0 aromatic carbocycles. The Bertz CT molecular complexity index is 334. The summed E-state index contributed by atoms with van der Waals surface area (Å²) >= 11 is 0. The molecule has 1 aromatic heterocycles. The predicted octanol–water partition coefficient (Wildman–Crippen LogP) is 0.0119. The molecule has 0 fully saturated rings. The second-order valence-electron chi connectivity index (χ2n) is 2.19. The number of hydrogen-bond donors (Lipinski definition) is 1. The number of rotatable bonds is 3. The van der Waals surface area contributed by atoms with Crippen molar-refractivity contribution in [1.29, 1.82) is 0 Å². The number of hydrogen-bond acceptors (Lipinski definition) is 5. The van der Waals surface area contributed by atoms with Crippen LogP contribution in [0.4, 0.5) is 5.69 Å². The fourth-order valence-electron chi connectivity index (χ4n) is 0.669. The van der Waals surface area contributed by atoms with Gasteiger partial charge in [0.05, 0.1) is 4.92 Å². The van der Waals surface area contributed by atoms with Crippen molar-refractivity contribution in [3.05, 3.63) is 28.3 Å². The topological polar surface area (TPSA) is 106 Å². The number of aromatic nitrogens is 2. The van der Waals surface area contributed by atoms with Crippen LogP contribution in [0.25, 0.3) is 0 Å². The number of carbonyl (C=O) groups is 1. The van der Waals surface area contributed by atoms with E-state index in [1.807, 2.05) is 0 Å². The van der Waals surface area contributed by atoms with Crippen molar-refractivity contribution >= 4 is 11.7 Å². The molecule has 13 heavy (non-hydrogen) atoms. The Hall–Kier alpha value is -2.05. The summed E-state index contributed by atoms with van der Waals surface area (Å²) in [5.74, 6) is -1.02. The average Bonchev–Trinajstić information content (AvgIpc) is 2.04. The molecule has 0 aliphatic rings. The van der Waals surface area contributed by atoms with Gasteiger partial charge in [0, 0.05) is 0 Å². The highest BCUT2D eigenvalue weighted by molar-refractivity contribution is 5.68. The summed E-state index contributed by atoms with van der Waals surface area (Å²) in [6.07, 6.45) is 1.62. The maximum atomic E-state index is 10.2. The standard InChI is InChI=1S/C6H5N3O4/c10-6(11)1-5-7-2-4(3-8-5)9(12)13/h2-3H,1H2,(H,10,11). The summed E-state index contributed by atoms with van der Waals surface area (Å²) in [5, 5.41) is 18.5. The predicted molar refractivity (Wildman–Crippen MR) is 40.0 cm³/mol. The Morgan fingerprint density at radius 2 is 2.08 bits per heavy atom. The van der Waals surface area contributed by atoms with Gasteiger partial charge in [0.15, 0.2) is 0 Å². The zero-order chi connectivity index (χ0) is 9.84. The monoisotopic (exact) mass is 183 g/mol. The van der Waals surface area contributed by atoms with Gasteiger partial charge in [-0.1, -0.05) is 0 Å². The number of carboxylic acids is 1. The summed E-state index contributed by atoms with van der Waals surface area (Å²) < 4.78 is 0. The summed E-state index contributed by atoms with van der Waals surface area (Å²) in [6, 6.07) is 0. The van der Waals surface area contributed by atoms with Crippen LogP contribution in [0.2, 0.25) is 0 Å². The third kappa shape index (κ3) is 2.47. The molecule has 0 amide bonds. The van der Waals surface area contributed by atoms with Gasteiger partial charge in [-0.3, -0.25) is 14.9 Å². The highest BCUT2D eigenvalue weighted by atomic mass is 16.6. The van der Waals surface area contributed by atoms with Crippen molar-refractivity contribution in [2.24, 2.45) is 0 Å². The van der Waals surface area contributed by atoms with Crippen LogP contribution in [-0.4, -0.2) is 26.0 Å². The van der Waals surface area contributed by atoms with Gasteiger partial charge in [0.1, 0.15) is 24.6 Å². The van der Waals surface area contributed by atoms with Crippen LogP contribution in [0.1, 0.15) is 5.82 Å². The summed E-state index contributed by atoms with van der Waals surface area (Å²) in [4.78, 5) is 26.7. The smallest absolute Gasteiger partial charge is 0.311 e. The van der Waals surface area contributed by atoms with E-state index in [9.17, 15) is 14.9 Å². The summed E-state index contributed by atoms with van der Waals surface area (Å²) in [5.41, 5.74) is -0.255. The SMILES string of the molecule is O=C(O)Cc1ncc([N+](=O)[O-])cn1. The molecular weight excluding hydrogens is 178 g/mol. The first-order chi connectivity index (χ1) is 6.09. The van der Waals surface area contributed by atoms with Crippen molar-refractivity contribution in [1.82, 2.24) is 9.97 Å². The van der Waals surface area contributed by atoms with E-state index in [-0.39, 0.29) is 17.9 Å². The van der Waals surface area contributed by atoms with E-state index in [1.54, 1.807) is 0 Å². The minimum atomic E-state index is -1.08. The molecule has 1 aromatic rings. The number of carboxylic acid groups (broad SMARTS) is 1. The molecule has 0 saturated heterocycles. The van der Waals surface area contributed by atoms with Gasteiger partial charge in [-0.15, -0.1) is 0 Å². The Labute approximate surface area is 72.2 Å². The van der Waals surface area contributed by atoms with E-state index in [0.29, 0.717) is 0 Å². The fraction of sp³-hybridized carbons (Fsp3) is 0.167. The van der Waals surface area contributed by atoms with Gasteiger partial charge < -0.3 is 5.11 Å². The van der Waals surface area contributed by atoms with Gasteiger partial charge in [0.2, 0.25) is 0 Å². The normalized spacial score (nSPS) is 9.54.